The molecule has 6 nitrogen and oxygen atoms in total. The monoisotopic (exact) mass is 657 g/mol. The van der Waals surface area contributed by atoms with E-state index in [0.717, 1.165) is 29.1 Å². The quantitative estimate of drug-likeness (QED) is 0.156. The van der Waals surface area contributed by atoms with Gasteiger partial charge in [-0.05, 0) is 65.9 Å². The molecule has 0 aromatic heterocycles. The van der Waals surface area contributed by atoms with Crippen LogP contribution in [-0.4, -0.2) is 41.5 Å². The third-order valence-electron chi connectivity index (χ3n) is 10.4. The van der Waals surface area contributed by atoms with E-state index in [9.17, 15) is 5.11 Å². The van der Waals surface area contributed by atoms with E-state index >= 15 is 0 Å². The van der Waals surface area contributed by atoms with Crippen LogP contribution < -0.4 is 20.4 Å². The van der Waals surface area contributed by atoms with Crippen molar-refractivity contribution in [2.45, 2.75) is 57.0 Å². The molecular weight excluding hydrogens is 615 g/mol. The Balaban J connectivity index is 1.28. The highest BCUT2D eigenvalue weighted by Gasteiger charge is 2.38. The summed E-state index contributed by atoms with van der Waals surface area (Å²) in [5.41, 5.74) is 7.00. The van der Waals surface area contributed by atoms with Crippen LogP contribution >= 0.6 is 0 Å². The lowest BCUT2D eigenvalue weighted by Gasteiger charge is -2.46. The second-order valence-electron chi connectivity index (χ2n) is 13.3. The van der Waals surface area contributed by atoms with Crippen LogP contribution in [0.5, 0.6) is 0 Å². The summed E-state index contributed by atoms with van der Waals surface area (Å²) in [5, 5.41) is 21.4. The summed E-state index contributed by atoms with van der Waals surface area (Å²) >= 11 is 0. The number of benzene rings is 5. The maximum Gasteiger partial charge on any atom is 0.180 e. The largest absolute Gasteiger partial charge is 0.387 e. The average molecular weight is 658 g/mol. The number of para-hydroxylation sites is 1. The number of aliphatic hydroxyl groups excluding tert-OH is 1. The van der Waals surface area contributed by atoms with Gasteiger partial charge in [-0.25, -0.2) is 4.99 Å². The SMILES string of the molecule is CC1C([C@@H](C)N(c2ccccc2)C2C=CC=CC2O)=CCc2c(ccc3ccccc23)N1C1N=C(c2ccccc2)NC(c2ccccc2)N1. The third kappa shape index (κ3) is 6.02. The van der Waals surface area contributed by atoms with Crippen molar-refractivity contribution in [3.8, 4) is 0 Å². The molecule has 50 heavy (non-hydrogen) atoms. The molecule has 3 N–H and O–H groups in total. The Hall–Kier alpha value is -5.43. The second kappa shape index (κ2) is 13.8. The average Bonchev–Trinajstić information content (AvgIpc) is 3.32. The van der Waals surface area contributed by atoms with Gasteiger partial charge in [-0.15, -0.1) is 0 Å². The third-order valence-corrected chi connectivity index (χ3v) is 10.4. The van der Waals surface area contributed by atoms with Gasteiger partial charge in [0.1, 0.15) is 12.0 Å². The van der Waals surface area contributed by atoms with Crippen LogP contribution in [0.15, 0.2) is 168 Å². The number of nitrogens with zero attached hydrogens (tertiary/aromatic N) is 3. The highest BCUT2D eigenvalue weighted by molar-refractivity contribution is 5.99. The molecule has 2 heterocycles. The highest BCUT2D eigenvalue weighted by Crippen LogP contribution is 2.39. The first-order valence-electron chi connectivity index (χ1n) is 17.6. The number of allylic oxidation sites excluding steroid dienone is 3. The molecule has 0 fully saturated rings. The zero-order chi connectivity index (χ0) is 34.0. The minimum absolute atomic E-state index is 0.0458. The van der Waals surface area contributed by atoms with Crippen molar-refractivity contribution in [1.29, 1.82) is 0 Å². The Morgan fingerprint density at radius 3 is 2.24 bits per heavy atom. The summed E-state index contributed by atoms with van der Waals surface area (Å²) in [6, 6.07) is 44.3. The van der Waals surface area contributed by atoms with Gasteiger partial charge in [0.25, 0.3) is 0 Å². The molecule has 0 spiro atoms. The summed E-state index contributed by atoms with van der Waals surface area (Å²) in [6.45, 7) is 4.59. The number of amidine groups is 1. The second-order valence-corrected chi connectivity index (χ2v) is 13.3. The van der Waals surface area contributed by atoms with Gasteiger partial charge >= 0.3 is 0 Å². The van der Waals surface area contributed by atoms with Crippen molar-refractivity contribution in [2.24, 2.45) is 4.99 Å². The smallest absolute Gasteiger partial charge is 0.180 e. The lowest BCUT2D eigenvalue weighted by molar-refractivity contribution is 0.199. The normalized spacial score (nSPS) is 23.7. The molecule has 0 saturated carbocycles. The van der Waals surface area contributed by atoms with Crippen molar-refractivity contribution >= 4 is 28.0 Å². The van der Waals surface area contributed by atoms with Crippen molar-refractivity contribution < 1.29 is 5.11 Å². The summed E-state index contributed by atoms with van der Waals surface area (Å²) in [5.74, 6) is 0.855. The maximum atomic E-state index is 11.3. The van der Waals surface area contributed by atoms with Gasteiger partial charge in [-0.1, -0.05) is 140 Å². The number of aliphatic hydroxyl groups is 1. The van der Waals surface area contributed by atoms with Crippen LogP contribution in [-0.2, 0) is 6.42 Å². The van der Waals surface area contributed by atoms with Gasteiger partial charge in [0.15, 0.2) is 6.29 Å². The Kier molecular flexibility index (Phi) is 8.80. The van der Waals surface area contributed by atoms with E-state index < -0.39 is 6.10 Å². The highest BCUT2D eigenvalue weighted by atomic mass is 16.3. The fourth-order valence-corrected chi connectivity index (χ4v) is 7.91. The van der Waals surface area contributed by atoms with E-state index in [0.29, 0.717) is 0 Å². The van der Waals surface area contributed by atoms with E-state index in [1.807, 2.05) is 30.4 Å². The van der Waals surface area contributed by atoms with E-state index in [4.69, 9.17) is 4.99 Å². The van der Waals surface area contributed by atoms with Crippen LogP contribution in [0, 0.1) is 0 Å². The molecule has 0 radical (unpaired) electrons. The first-order chi connectivity index (χ1) is 24.6. The number of aliphatic imine (C=N–C) groups is 1. The van der Waals surface area contributed by atoms with E-state index in [2.05, 4.69) is 162 Å². The molecule has 5 aromatic carbocycles. The van der Waals surface area contributed by atoms with Crippen LogP contribution in [0.1, 0.15) is 36.7 Å². The molecule has 0 bridgehead atoms. The molecule has 8 rings (SSSR count). The number of hydrogen-bond acceptors (Lipinski definition) is 6. The molecule has 0 saturated heterocycles. The van der Waals surface area contributed by atoms with Crippen molar-refractivity contribution in [1.82, 2.24) is 10.6 Å². The van der Waals surface area contributed by atoms with Crippen LogP contribution in [0.3, 0.4) is 0 Å². The predicted molar refractivity (Wildman–Crippen MR) is 206 cm³/mol. The Bertz CT molecular complexity index is 2070. The van der Waals surface area contributed by atoms with E-state index in [-0.39, 0.29) is 30.6 Å². The first-order valence-corrected chi connectivity index (χ1v) is 17.6. The van der Waals surface area contributed by atoms with E-state index in [1.165, 1.54) is 27.6 Å². The maximum absolute atomic E-state index is 11.3. The summed E-state index contributed by atoms with van der Waals surface area (Å²) in [4.78, 5) is 10.3. The van der Waals surface area contributed by atoms with Gasteiger partial charge < -0.3 is 20.2 Å². The molecule has 6 heteroatoms. The fourth-order valence-electron chi connectivity index (χ4n) is 7.91. The van der Waals surface area contributed by atoms with Crippen LogP contribution in [0.4, 0.5) is 11.4 Å². The Labute approximate surface area is 294 Å². The van der Waals surface area contributed by atoms with Crippen LogP contribution in [0.25, 0.3) is 10.8 Å². The van der Waals surface area contributed by atoms with Gasteiger partial charge in [-0.3, -0.25) is 5.32 Å². The lowest BCUT2D eigenvalue weighted by atomic mass is 9.93. The molecular formula is C44H43N5O. The molecule has 3 aliphatic rings. The number of anilines is 2. The van der Waals surface area contributed by atoms with E-state index in [1.54, 1.807) is 0 Å². The van der Waals surface area contributed by atoms with Gasteiger partial charge in [-0.2, -0.15) is 0 Å². The lowest BCUT2D eigenvalue weighted by Crippen LogP contribution is -2.59. The minimum Gasteiger partial charge on any atom is -0.387 e. The fraction of sp³-hybridized carbons (Fsp3) is 0.205. The predicted octanol–water partition coefficient (Wildman–Crippen LogP) is 7.89. The zero-order valence-corrected chi connectivity index (χ0v) is 28.5. The van der Waals surface area contributed by atoms with Gasteiger partial charge in [0.05, 0.1) is 24.2 Å². The molecule has 250 valence electrons. The molecule has 5 unspecified atom stereocenters. The molecule has 2 aliphatic heterocycles. The standard InChI is InChI=1S/C44H43N5O/c1-30(48(35-21-10-5-11-22-35)40-24-14-15-25-41(40)50)36-27-28-38-37-23-13-12-16-32(37)26-29-39(38)49(31(36)2)44-46-42(33-17-6-3-7-18-33)45-43(47-44)34-19-8-4-9-20-34/h3-27,29-31,40-42,44,46,50H,28H2,1-2H3,(H,45,47)/t30-,31?,40?,41?,42?,44?/m1/s1. The zero-order valence-electron chi connectivity index (χ0n) is 28.5. The molecule has 1 aliphatic carbocycles. The van der Waals surface area contributed by atoms with Crippen molar-refractivity contribution in [3.05, 3.63) is 180 Å². The van der Waals surface area contributed by atoms with Gasteiger partial charge in [0.2, 0.25) is 0 Å². The van der Waals surface area contributed by atoms with Gasteiger partial charge in [0, 0.05) is 16.9 Å². The number of fused-ring (bicyclic) bond motifs is 3. The Morgan fingerprint density at radius 1 is 0.800 bits per heavy atom. The summed E-state index contributed by atoms with van der Waals surface area (Å²) in [7, 11) is 0. The summed E-state index contributed by atoms with van der Waals surface area (Å²) in [6.07, 6.45) is 10.0. The van der Waals surface area contributed by atoms with Crippen molar-refractivity contribution in [3.63, 3.8) is 0 Å². The van der Waals surface area contributed by atoms with Crippen LogP contribution in [0.2, 0.25) is 0 Å². The van der Waals surface area contributed by atoms with Crippen molar-refractivity contribution in [2.75, 3.05) is 9.80 Å². The summed E-state index contributed by atoms with van der Waals surface area (Å²) < 4.78 is 0. The first kappa shape index (κ1) is 31.8. The molecule has 0 amide bonds. The topological polar surface area (TPSA) is 63.1 Å². The minimum atomic E-state index is -0.627. The Morgan fingerprint density at radius 2 is 1.48 bits per heavy atom. The molecule has 6 atom stereocenters. The number of rotatable bonds is 7. The molecule has 5 aromatic rings. The number of hydrogen-bond donors (Lipinski definition) is 3. The number of nitrogens with one attached hydrogen (secondary N) is 2.